The summed E-state index contributed by atoms with van der Waals surface area (Å²) in [5.41, 5.74) is 1.90. The van der Waals surface area contributed by atoms with E-state index in [0.717, 1.165) is 18.8 Å². The van der Waals surface area contributed by atoms with E-state index in [0.29, 0.717) is 39.5 Å². The van der Waals surface area contributed by atoms with E-state index in [1.165, 1.54) is 0 Å². The van der Waals surface area contributed by atoms with Gasteiger partial charge in [-0.1, -0.05) is 34.8 Å². The van der Waals surface area contributed by atoms with Crippen LogP contribution < -0.4 is 10.2 Å². The second-order valence-corrected chi connectivity index (χ2v) is 6.62. The molecule has 3 rings (SSSR count). The topological polar surface area (TPSA) is 41.6 Å². The minimum Gasteiger partial charge on any atom is -0.378 e. The van der Waals surface area contributed by atoms with Crippen molar-refractivity contribution in [3.63, 3.8) is 0 Å². The fourth-order valence-electron chi connectivity index (χ4n) is 2.55. The van der Waals surface area contributed by atoms with Crippen molar-refractivity contribution in [1.82, 2.24) is 0 Å². The SMILES string of the molecule is O=C(Nc1cc(Cl)ccc1N1CCOCC1)c1ccc(Cl)cc1Cl. The molecule has 0 aliphatic carbocycles. The summed E-state index contributed by atoms with van der Waals surface area (Å²) in [6.07, 6.45) is 0. The lowest BCUT2D eigenvalue weighted by Gasteiger charge is -2.30. The predicted octanol–water partition coefficient (Wildman–Crippen LogP) is 4.74. The minimum absolute atomic E-state index is 0.301. The van der Waals surface area contributed by atoms with Gasteiger partial charge in [0.25, 0.3) is 5.91 Å². The largest absolute Gasteiger partial charge is 0.378 e. The van der Waals surface area contributed by atoms with Crippen molar-refractivity contribution in [2.24, 2.45) is 0 Å². The number of nitrogens with one attached hydrogen (secondary N) is 1. The molecule has 1 N–H and O–H groups in total. The summed E-state index contributed by atoms with van der Waals surface area (Å²) >= 11 is 18.1. The van der Waals surface area contributed by atoms with Gasteiger partial charge >= 0.3 is 0 Å². The zero-order valence-corrected chi connectivity index (χ0v) is 15.0. The maximum Gasteiger partial charge on any atom is 0.257 e. The van der Waals surface area contributed by atoms with Crippen LogP contribution in [0.15, 0.2) is 36.4 Å². The average molecular weight is 386 g/mol. The Kier molecular flexibility index (Phi) is 5.51. The molecule has 0 saturated carbocycles. The van der Waals surface area contributed by atoms with Crippen LogP contribution in [-0.2, 0) is 4.74 Å². The van der Waals surface area contributed by atoms with E-state index in [2.05, 4.69) is 10.2 Å². The molecule has 2 aromatic carbocycles. The van der Waals surface area contributed by atoms with E-state index < -0.39 is 0 Å². The number of morpholine rings is 1. The monoisotopic (exact) mass is 384 g/mol. The lowest BCUT2D eigenvalue weighted by Crippen LogP contribution is -2.36. The van der Waals surface area contributed by atoms with Crippen LogP contribution in [0, 0.1) is 0 Å². The lowest BCUT2D eigenvalue weighted by molar-refractivity contribution is 0.102. The third-order valence-electron chi connectivity index (χ3n) is 3.73. The Hall–Kier alpha value is -1.46. The number of carbonyl (C=O) groups excluding carboxylic acids is 1. The maximum absolute atomic E-state index is 12.6. The number of halogens is 3. The van der Waals surface area contributed by atoms with Crippen molar-refractivity contribution < 1.29 is 9.53 Å². The zero-order valence-electron chi connectivity index (χ0n) is 12.7. The second kappa shape index (κ2) is 7.62. The Morgan fingerprint density at radius 2 is 1.67 bits per heavy atom. The van der Waals surface area contributed by atoms with Gasteiger partial charge in [-0.05, 0) is 36.4 Å². The molecule has 126 valence electrons. The molecule has 1 amide bonds. The van der Waals surface area contributed by atoms with Gasteiger partial charge in [-0.25, -0.2) is 0 Å². The highest BCUT2D eigenvalue weighted by molar-refractivity contribution is 6.37. The Labute approximate surface area is 155 Å². The lowest BCUT2D eigenvalue weighted by atomic mass is 10.2. The molecule has 1 saturated heterocycles. The molecule has 1 aliphatic rings. The molecule has 0 atom stereocenters. The standard InChI is InChI=1S/C17H15Cl3N2O2/c18-11-1-3-13(14(20)9-11)17(23)21-15-10-12(19)2-4-16(15)22-5-7-24-8-6-22/h1-4,9-10H,5-8H2,(H,21,23). The molecule has 0 unspecified atom stereocenters. The first-order chi connectivity index (χ1) is 11.5. The van der Waals surface area contributed by atoms with Crippen molar-refractivity contribution in [1.29, 1.82) is 0 Å². The van der Waals surface area contributed by atoms with Crippen molar-refractivity contribution >= 4 is 52.1 Å². The molecule has 1 aliphatic heterocycles. The Bertz CT molecular complexity index is 761. The number of amides is 1. The summed E-state index contributed by atoms with van der Waals surface area (Å²) in [4.78, 5) is 14.7. The highest BCUT2D eigenvalue weighted by atomic mass is 35.5. The van der Waals surface area contributed by atoms with E-state index in [-0.39, 0.29) is 5.91 Å². The van der Waals surface area contributed by atoms with Crippen molar-refractivity contribution in [3.05, 3.63) is 57.0 Å². The summed E-state index contributed by atoms with van der Waals surface area (Å²) in [6, 6.07) is 10.2. The molecule has 0 aromatic heterocycles. The smallest absolute Gasteiger partial charge is 0.257 e. The average Bonchev–Trinajstić information content (AvgIpc) is 2.55. The van der Waals surface area contributed by atoms with E-state index in [9.17, 15) is 4.79 Å². The Morgan fingerprint density at radius 3 is 2.38 bits per heavy atom. The van der Waals surface area contributed by atoms with Gasteiger partial charge < -0.3 is 15.0 Å². The number of ether oxygens (including phenoxy) is 1. The normalized spacial score (nSPS) is 14.5. The summed E-state index contributed by atoms with van der Waals surface area (Å²) in [7, 11) is 0. The van der Waals surface area contributed by atoms with Gasteiger partial charge in [0, 0.05) is 23.1 Å². The molecule has 1 fully saturated rings. The van der Waals surface area contributed by atoms with Gasteiger partial charge in [0.2, 0.25) is 0 Å². The van der Waals surface area contributed by atoms with Gasteiger partial charge in [-0.15, -0.1) is 0 Å². The minimum atomic E-state index is -0.312. The van der Waals surface area contributed by atoms with Crippen LogP contribution in [0.25, 0.3) is 0 Å². The van der Waals surface area contributed by atoms with Gasteiger partial charge in [-0.3, -0.25) is 4.79 Å². The molecular formula is C17H15Cl3N2O2. The molecule has 0 bridgehead atoms. The van der Waals surface area contributed by atoms with Crippen LogP contribution in [0.3, 0.4) is 0 Å². The Morgan fingerprint density at radius 1 is 1.00 bits per heavy atom. The summed E-state index contributed by atoms with van der Waals surface area (Å²) in [5, 5.41) is 4.22. The van der Waals surface area contributed by atoms with E-state index >= 15 is 0 Å². The van der Waals surface area contributed by atoms with Crippen molar-refractivity contribution in [3.8, 4) is 0 Å². The number of anilines is 2. The molecule has 0 spiro atoms. The van der Waals surface area contributed by atoms with Gasteiger partial charge in [-0.2, -0.15) is 0 Å². The quantitative estimate of drug-likeness (QED) is 0.830. The molecule has 1 heterocycles. The van der Waals surface area contributed by atoms with Crippen LogP contribution in [0.1, 0.15) is 10.4 Å². The number of benzene rings is 2. The van der Waals surface area contributed by atoms with E-state index in [4.69, 9.17) is 39.5 Å². The van der Waals surface area contributed by atoms with E-state index in [1.807, 2.05) is 6.07 Å². The number of nitrogens with zero attached hydrogens (tertiary/aromatic N) is 1. The molecule has 24 heavy (non-hydrogen) atoms. The molecule has 4 nitrogen and oxygen atoms in total. The second-order valence-electron chi connectivity index (χ2n) is 5.34. The van der Waals surface area contributed by atoms with Crippen LogP contribution >= 0.6 is 34.8 Å². The Balaban J connectivity index is 1.88. The van der Waals surface area contributed by atoms with Gasteiger partial charge in [0.05, 0.1) is 35.2 Å². The molecule has 7 heteroatoms. The maximum atomic E-state index is 12.6. The van der Waals surface area contributed by atoms with Gasteiger partial charge in [0.15, 0.2) is 0 Å². The number of rotatable bonds is 3. The molecule has 0 radical (unpaired) electrons. The van der Waals surface area contributed by atoms with Gasteiger partial charge in [0.1, 0.15) is 0 Å². The number of hydrogen-bond donors (Lipinski definition) is 1. The summed E-state index contributed by atoms with van der Waals surface area (Å²) in [6.45, 7) is 2.82. The fourth-order valence-corrected chi connectivity index (χ4v) is 3.22. The fraction of sp³-hybridized carbons (Fsp3) is 0.235. The first-order valence-corrected chi connectivity index (χ1v) is 8.56. The summed E-state index contributed by atoms with van der Waals surface area (Å²) < 4.78 is 5.38. The highest BCUT2D eigenvalue weighted by Gasteiger charge is 2.18. The summed E-state index contributed by atoms with van der Waals surface area (Å²) in [5.74, 6) is -0.312. The third kappa shape index (κ3) is 3.95. The molecular weight excluding hydrogens is 371 g/mol. The number of hydrogen-bond acceptors (Lipinski definition) is 3. The first-order valence-electron chi connectivity index (χ1n) is 7.43. The first kappa shape index (κ1) is 17.4. The van der Waals surface area contributed by atoms with Crippen molar-refractivity contribution in [2.75, 3.05) is 36.5 Å². The van der Waals surface area contributed by atoms with Crippen LogP contribution in [0.2, 0.25) is 15.1 Å². The zero-order chi connectivity index (χ0) is 17.1. The van der Waals surface area contributed by atoms with Crippen LogP contribution in [0.4, 0.5) is 11.4 Å². The molecule has 2 aromatic rings. The number of carbonyl (C=O) groups is 1. The predicted molar refractivity (Wildman–Crippen MR) is 98.9 cm³/mol. The highest BCUT2D eigenvalue weighted by Crippen LogP contribution is 2.31. The van der Waals surface area contributed by atoms with E-state index in [1.54, 1.807) is 30.3 Å². The van der Waals surface area contributed by atoms with Crippen LogP contribution in [0.5, 0.6) is 0 Å². The van der Waals surface area contributed by atoms with Crippen LogP contribution in [-0.4, -0.2) is 32.2 Å². The third-order valence-corrected chi connectivity index (χ3v) is 4.52. The van der Waals surface area contributed by atoms with Crippen molar-refractivity contribution in [2.45, 2.75) is 0 Å².